The van der Waals surface area contributed by atoms with E-state index in [0.29, 0.717) is 17.0 Å². The second kappa shape index (κ2) is 7.13. The smallest absolute Gasteiger partial charge is 0.326 e. The van der Waals surface area contributed by atoms with E-state index in [2.05, 4.69) is 20.4 Å². The molecule has 1 aromatic carbocycles. The van der Waals surface area contributed by atoms with Crippen molar-refractivity contribution >= 4 is 17.4 Å². The van der Waals surface area contributed by atoms with Crippen LogP contribution in [0.2, 0.25) is 0 Å². The Labute approximate surface area is 155 Å². The van der Waals surface area contributed by atoms with Gasteiger partial charge in [0.05, 0.1) is 0 Å². The molecule has 0 saturated carbocycles. The molecule has 0 aliphatic carbocycles. The highest BCUT2D eigenvalue weighted by Crippen LogP contribution is 2.27. The summed E-state index contributed by atoms with van der Waals surface area (Å²) in [6.07, 6.45) is -4.58. The first-order valence-corrected chi connectivity index (χ1v) is 8.11. The van der Waals surface area contributed by atoms with Crippen LogP contribution in [0.25, 0.3) is 5.78 Å². The Morgan fingerprint density at radius 2 is 1.86 bits per heavy atom. The Balaban J connectivity index is 1.78. The van der Waals surface area contributed by atoms with Gasteiger partial charge in [0, 0.05) is 29.6 Å². The number of aryl methyl sites for hydroxylation is 2. The average molecular weight is 399 g/mol. The van der Waals surface area contributed by atoms with Gasteiger partial charge in [-0.2, -0.15) is 18.2 Å². The summed E-state index contributed by atoms with van der Waals surface area (Å²) < 4.78 is 65.5. The Hall–Kier alpha value is -3.11. The summed E-state index contributed by atoms with van der Waals surface area (Å²) in [4.78, 5) is 19.5. The molecule has 11 heteroatoms. The molecule has 0 spiro atoms. The lowest BCUT2D eigenvalue weighted by Crippen LogP contribution is -2.14. The molecule has 3 aromatic rings. The van der Waals surface area contributed by atoms with E-state index in [1.807, 2.05) is 0 Å². The van der Waals surface area contributed by atoms with Crippen molar-refractivity contribution in [1.82, 2.24) is 19.6 Å². The normalized spacial score (nSPS) is 11.8. The van der Waals surface area contributed by atoms with Gasteiger partial charge in [-0.15, -0.1) is 5.10 Å². The number of anilines is 1. The summed E-state index contributed by atoms with van der Waals surface area (Å²) in [6.45, 7) is 3.15. The Kier molecular flexibility index (Phi) is 5.01. The summed E-state index contributed by atoms with van der Waals surface area (Å²) in [5.74, 6) is -4.08. The summed E-state index contributed by atoms with van der Waals surface area (Å²) in [5, 5.41) is 5.87. The van der Waals surface area contributed by atoms with Gasteiger partial charge in [0.1, 0.15) is 0 Å². The zero-order valence-electron chi connectivity index (χ0n) is 14.7. The number of benzene rings is 1. The van der Waals surface area contributed by atoms with Crippen LogP contribution in [0.5, 0.6) is 0 Å². The molecule has 0 atom stereocenters. The number of rotatable bonds is 4. The number of alkyl halides is 3. The molecule has 148 valence electrons. The van der Waals surface area contributed by atoms with Gasteiger partial charge in [0.25, 0.3) is 11.6 Å². The molecule has 0 aliphatic rings. The van der Waals surface area contributed by atoms with Crippen LogP contribution in [0.1, 0.15) is 29.2 Å². The van der Waals surface area contributed by atoms with Crippen LogP contribution in [-0.2, 0) is 17.4 Å². The highest BCUT2D eigenvalue weighted by Gasteiger charge is 2.36. The third-order valence-corrected chi connectivity index (χ3v) is 4.11. The lowest BCUT2D eigenvalue weighted by atomic mass is 10.1. The van der Waals surface area contributed by atoms with Crippen LogP contribution < -0.4 is 5.32 Å². The fourth-order valence-corrected chi connectivity index (χ4v) is 2.73. The number of carbonyl (C=O) groups is 1. The number of aromatic nitrogens is 4. The molecule has 3 rings (SSSR count). The molecule has 28 heavy (non-hydrogen) atoms. The van der Waals surface area contributed by atoms with Gasteiger partial charge in [-0.1, -0.05) is 0 Å². The van der Waals surface area contributed by atoms with E-state index in [1.165, 1.54) is 6.07 Å². The molecule has 0 saturated heterocycles. The van der Waals surface area contributed by atoms with Crippen molar-refractivity contribution in [2.75, 3.05) is 5.32 Å². The third kappa shape index (κ3) is 3.92. The van der Waals surface area contributed by atoms with Crippen molar-refractivity contribution in [3.63, 3.8) is 0 Å². The first-order valence-electron chi connectivity index (χ1n) is 8.11. The molecular weight excluding hydrogens is 385 g/mol. The minimum absolute atomic E-state index is 0.0469. The van der Waals surface area contributed by atoms with Gasteiger partial charge >= 0.3 is 6.18 Å². The molecule has 0 radical (unpaired) electrons. The van der Waals surface area contributed by atoms with Crippen molar-refractivity contribution in [3.05, 3.63) is 52.6 Å². The third-order valence-electron chi connectivity index (χ3n) is 4.11. The zero-order chi connectivity index (χ0) is 20.6. The van der Waals surface area contributed by atoms with Gasteiger partial charge < -0.3 is 5.32 Å². The molecule has 0 fully saturated rings. The predicted molar refractivity (Wildman–Crippen MR) is 88.6 cm³/mol. The second-order valence-electron chi connectivity index (χ2n) is 6.08. The maximum atomic E-state index is 13.2. The number of nitrogens with zero attached hydrogens (tertiary/aromatic N) is 4. The van der Waals surface area contributed by atoms with E-state index in [4.69, 9.17) is 0 Å². The largest absolute Gasteiger partial charge is 0.453 e. The highest BCUT2D eigenvalue weighted by atomic mass is 19.4. The number of carbonyl (C=O) groups excluding carboxylic acids is 1. The van der Waals surface area contributed by atoms with E-state index >= 15 is 0 Å². The van der Waals surface area contributed by atoms with E-state index in [0.717, 1.165) is 16.6 Å². The first-order chi connectivity index (χ1) is 13.1. The molecule has 1 N–H and O–H groups in total. The SMILES string of the molecule is Cc1nc2nc(C(F)(F)F)nn2c(C)c1CCC(=O)Nc1ccc(F)c(F)c1. The number of hydrogen-bond donors (Lipinski definition) is 1. The summed E-state index contributed by atoms with van der Waals surface area (Å²) >= 11 is 0. The summed E-state index contributed by atoms with van der Waals surface area (Å²) in [6, 6.07) is 2.96. The van der Waals surface area contributed by atoms with Gasteiger partial charge in [-0.3, -0.25) is 4.79 Å². The monoisotopic (exact) mass is 399 g/mol. The number of hydrogen-bond acceptors (Lipinski definition) is 4. The highest BCUT2D eigenvalue weighted by molar-refractivity contribution is 5.90. The minimum Gasteiger partial charge on any atom is -0.326 e. The van der Waals surface area contributed by atoms with Gasteiger partial charge in [-0.25, -0.2) is 18.3 Å². The predicted octanol–water partition coefficient (Wildman–Crippen LogP) is 3.61. The summed E-state index contributed by atoms with van der Waals surface area (Å²) in [7, 11) is 0. The van der Waals surface area contributed by atoms with Gasteiger partial charge in [0.2, 0.25) is 5.91 Å². The number of fused-ring (bicyclic) bond motifs is 1. The van der Waals surface area contributed by atoms with Crippen LogP contribution in [0, 0.1) is 25.5 Å². The number of amides is 1. The average Bonchev–Trinajstić information content (AvgIpc) is 3.02. The van der Waals surface area contributed by atoms with E-state index in [1.54, 1.807) is 13.8 Å². The van der Waals surface area contributed by atoms with Crippen LogP contribution in [0.4, 0.5) is 27.6 Å². The quantitative estimate of drug-likeness (QED) is 0.681. The fraction of sp³-hybridized carbons (Fsp3) is 0.294. The van der Waals surface area contributed by atoms with Crippen LogP contribution in [-0.4, -0.2) is 25.5 Å². The Morgan fingerprint density at radius 3 is 2.50 bits per heavy atom. The molecule has 0 aliphatic heterocycles. The second-order valence-corrected chi connectivity index (χ2v) is 6.08. The minimum atomic E-state index is -4.70. The van der Waals surface area contributed by atoms with Crippen LogP contribution in [0.3, 0.4) is 0 Å². The summed E-state index contributed by atoms with van der Waals surface area (Å²) in [5.41, 5.74) is 1.45. The molecule has 2 aromatic heterocycles. The van der Waals surface area contributed by atoms with Crippen molar-refractivity contribution in [3.8, 4) is 0 Å². The van der Waals surface area contributed by atoms with Crippen LogP contribution in [0.15, 0.2) is 18.2 Å². The molecule has 6 nitrogen and oxygen atoms in total. The van der Waals surface area contributed by atoms with Gasteiger partial charge in [0.15, 0.2) is 11.6 Å². The molecule has 1 amide bonds. The molecule has 0 unspecified atom stereocenters. The van der Waals surface area contributed by atoms with Gasteiger partial charge in [-0.05, 0) is 38.0 Å². The van der Waals surface area contributed by atoms with Crippen molar-refractivity contribution in [2.45, 2.75) is 32.9 Å². The van der Waals surface area contributed by atoms with E-state index in [-0.39, 0.29) is 24.3 Å². The van der Waals surface area contributed by atoms with Crippen molar-refractivity contribution < 1.29 is 26.7 Å². The topological polar surface area (TPSA) is 72.2 Å². The van der Waals surface area contributed by atoms with E-state index < -0.39 is 29.5 Å². The van der Waals surface area contributed by atoms with E-state index in [9.17, 15) is 26.7 Å². The zero-order valence-corrected chi connectivity index (χ0v) is 14.7. The lowest BCUT2D eigenvalue weighted by molar-refractivity contribution is -0.144. The Morgan fingerprint density at radius 1 is 1.14 bits per heavy atom. The fourth-order valence-electron chi connectivity index (χ4n) is 2.73. The molecular formula is C17H14F5N5O. The van der Waals surface area contributed by atoms with Crippen molar-refractivity contribution in [1.29, 1.82) is 0 Å². The standard InChI is InChI=1S/C17H14F5N5O/c1-8-11(4-6-14(28)24-10-3-5-12(18)13(19)7-10)9(2)27-16(23-8)25-15(26-27)17(20,21)22/h3,5,7H,4,6H2,1-2H3,(H,24,28). The molecule has 2 heterocycles. The maximum absolute atomic E-state index is 13.2. The van der Waals surface area contributed by atoms with Crippen LogP contribution >= 0.6 is 0 Å². The first kappa shape index (κ1) is 19.6. The Bertz CT molecular complexity index is 1060. The lowest BCUT2D eigenvalue weighted by Gasteiger charge is -2.10. The molecule has 0 bridgehead atoms. The number of nitrogens with one attached hydrogen (secondary N) is 1. The number of halogens is 5. The maximum Gasteiger partial charge on any atom is 0.453 e. The van der Waals surface area contributed by atoms with Crippen molar-refractivity contribution in [2.24, 2.45) is 0 Å².